The van der Waals surface area contributed by atoms with Crippen molar-refractivity contribution in [1.29, 1.82) is 0 Å². The van der Waals surface area contributed by atoms with Gasteiger partial charge in [-0.2, -0.15) is 0 Å². The third kappa shape index (κ3) is 1.25. The predicted octanol–water partition coefficient (Wildman–Crippen LogP) is 4.71. The summed E-state index contributed by atoms with van der Waals surface area (Å²) >= 11 is 9.31. The number of fused-ring (bicyclic) bond motifs is 3. The molecule has 0 saturated heterocycles. The van der Waals surface area contributed by atoms with Gasteiger partial charge in [-0.25, -0.2) is 0 Å². The fourth-order valence-electron chi connectivity index (χ4n) is 1.81. The van der Waals surface area contributed by atoms with E-state index in [4.69, 9.17) is 16.0 Å². The summed E-state index contributed by atoms with van der Waals surface area (Å²) in [6.07, 6.45) is 0. The maximum atomic E-state index is 9.84. The van der Waals surface area contributed by atoms with Crippen molar-refractivity contribution >= 4 is 49.5 Å². The van der Waals surface area contributed by atoms with Crippen LogP contribution in [0.2, 0.25) is 5.02 Å². The number of benzene rings is 2. The number of halogens is 2. The Morgan fingerprint density at radius 3 is 2.81 bits per heavy atom. The molecule has 16 heavy (non-hydrogen) atoms. The highest BCUT2D eigenvalue weighted by Gasteiger charge is 2.15. The second kappa shape index (κ2) is 3.40. The molecule has 0 radical (unpaired) electrons. The van der Waals surface area contributed by atoms with Gasteiger partial charge in [-0.1, -0.05) is 29.8 Å². The molecule has 0 spiro atoms. The molecule has 80 valence electrons. The van der Waals surface area contributed by atoms with Crippen molar-refractivity contribution in [2.75, 3.05) is 0 Å². The zero-order chi connectivity index (χ0) is 11.3. The van der Waals surface area contributed by atoms with Crippen LogP contribution >= 0.6 is 27.5 Å². The summed E-state index contributed by atoms with van der Waals surface area (Å²) in [5, 5.41) is 11.9. The van der Waals surface area contributed by atoms with E-state index in [0.717, 1.165) is 20.8 Å². The minimum Gasteiger partial charge on any atom is -0.503 e. The number of phenols is 1. The van der Waals surface area contributed by atoms with Gasteiger partial charge in [-0.05, 0) is 28.1 Å². The summed E-state index contributed by atoms with van der Waals surface area (Å²) in [6, 6.07) is 9.28. The number of hydrogen-bond donors (Lipinski definition) is 1. The Hall–Kier alpha value is -1.19. The first-order valence-electron chi connectivity index (χ1n) is 4.66. The molecular weight excluding hydrogens is 291 g/mol. The van der Waals surface area contributed by atoms with Gasteiger partial charge in [-0.3, -0.25) is 0 Å². The molecule has 0 aliphatic carbocycles. The Balaban J connectivity index is 2.64. The second-order valence-electron chi connectivity index (χ2n) is 3.49. The van der Waals surface area contributed by atoms with Crippen molar-refractivity contribution < 1.29 is 9.52 Å². The molecule has 1 heterocycles. The molecule has 0 fully saturated rings. The molecular formula is C12H6BrClO2. The fraction of sp³-hybridized carbons (Fsp3) is 0. The average Bonchev–Trinajstić information content (AvgIpc) is 2.65. The Labute approximate surface area is 105 Å². The van der Waals surface area contributed by atoms with Crippen LogP contribution in [0.15, 0.2) is 39.2 Å². The maximum Gasteiger partial charge on any atom is 0.179 e. The van der Waals surface area contributed by atoms with Crippen molar-refractivity contribution in [3.63, 3.8) is 0 Å². The molecule has 0 amide bonds. The average molecular weight is 298 g/mol. The van der Waals surface area contributed by atoms with E-state index in [-0.39, 0.29) is 10.8 Å². The standard InChI is InChI=1S/C12H6BrClO2/c13-7-5-8(14)11(15)12-10(7)6-3-1-2-4-9(6)16-12/h1-5,15H. The molecule has 4 heteroatoms. The number of para-hydroxylation sites is 1. The molecule has 2 nitrogen and oxygen atoms in total. The van der Waals surface area contributed by atoms with Crippen LogP contribution in [0.3, 0.4) is 0 Å². The van der Waals surface area contributed by atoms with Crippen LogP contribution in [-0.4, -0.2) is 5.11 Å². The number of furan rings is 1. The lowest BCUT2D eigenvalue weighted by molar-refractivity contribution is 0.469. The van der Waals surface area contributed by atoms with Crippen molar-refractivity contribution in [1.82, 2.24) is 0 Å². The van der Waals surface area contributed by atoms with E-state index in [2.05, 4.69) is 15.9 Å². The van der Waals surface area contributed by atoms with E-state index in [1.807, 2.05) is 24.3 Å². The van der Waals surface area contributed by atoms with Gasteiger partial charge in [0.2, 0.25) is 0 Å². The fourth-order valence-corrected chi connectivity index (χ4v) is 2.76. The van der Waals surface area contributed by atoms with Gasteiger partial charge in [0.15, 0.2) is 11.3 Å². The molecule has 0 atom stereocenters. The largest absolute Gasteiger partial charge is 0.503 e. The van der Waals surface area contributed by atoms with Gasteiger partial charge in [0, 0.05) is 15.2 Å². The Kier molecular flexibility index (Phi) is 2.13. The first kappa shape index (κ1) is 10.00. The Morgan fingerprint density at radius 1 is 1.25 bits per heavy atom. The monoisotopic (exact) mass is 296 g/mol. The lowest BCUT2D eigenvalue weighted by atomic mass is 10.1. The molecule has 0 aliphatic heterocycles. The Bertz CT molecular complexity index is 703. The molecule has 2 aromatic carbocycles. The zero-order valence-corrected chi connectivity index (χ0v) is 10.3. The quantitative estimate of drug-likeness (QED) is 0.652. The molecule has 3 rings (SSSR count). The summed E-state index contributed by atoms with van der Waals surface area (Å²) in [4.78, 5) is 0. The number of phenolic OH excluding ortho intramolecular Hbond substituents is 1. The maximum absolute atomic E-state index is 9.84. The van der Waals surface area contributed by atoms with Crippen molar-refractivity contribution in [3.05, 3.63) is 39.8 Å². The van der Waals surface area contributed by atoms with Gasteiger partial charge in [-0.15, -0.1) is 0 Å². The Morgan fingerprint density at radius 2 is 2.00 bits per heavy atom. The van der Waals surface area contributed by atoms with E-state index >= 15 is 0 Å². The SMILES string of the molecule is Oc1c(Cl)cc(Br)c2c1oc1ccccc12. The predicted molar refractivity (Wildman–Crippen MR) is 68.1 cm³/mol. The zero-order valence-electron chi connectivity index (χ0n) is 8.00. The molecule has 3 aromatic rings. The van der Waals surface area contributed by atoms with Gasteiger partial charge in [0.25, 0.3) is 0 Å². The van der Waals surface area contributed by atoms with E-state index < -0.39 is 0 Å². The number of hydrogen-bond acceptors (Lipinski definition) is 2. The van der Waals surface area contributed by atoms with Gasteiger partial charge < -0.3 is 9.52 Å². The van der Waals surface area contributed by atoms with E-state index in [0.29, 0.717) is 5.58 Å². The summed E-state index contributed by atoms with van der Waals surface area (Å²) < 4.78 is 6.40. The van der Waals surface area contributed by atoms with Crippen LogP contribution in [-0.2, 0) is 0 Å². The summed E-state index contributed by atoms with van der Waals surface area (Å²) in [6.45, 7) is 0. The van der Waals surface area contributed by atoms with Crippen LogP contribution < -0.4 is 0 Å². The van der Waals surface area contributed by atoms with Crippen LogP contribution in [0.25, 0.3) is 21.9 Å². The molecule has 0 bridgehead atoms. The van der Waals surface area contributed by atoms with Crippen LogP contribution in [0.5, 0.6) is 5.75 Å². The van der Waals surface area contributed by atoms with E-state index in [1.165, 1.54) is 0 Å². The summed E-state index contributed by atoms with van der Waals surface area (Å²) in [5.74, 6) is -0.0175. The van der Waals surface area contributed by atoms with Gasteiger partial charge in [0.05, 0.1) is 5.02 Å². The lowest BCUT2D eigenvalue weighted by Crippen LogP contribution is -1.73. The molecule has 0 aliphatic rings. The van der Waals surface area contributed by atoms with Gasteiger partial charge in [0.1, 0.15) is 5.58 Å². The first-order valence-corrected chi connectivity index (χ1v) is 5.84. The molecule has 0 saturated carbocycles. The van der Waals surface area contributed by atoms with Crippen molar-refractivity contribution in [2.45, 2.75) is 0 Å². The highest BCUT2D eigenvalue weighted by atomic mass is 79.9. The van der Waals surface area contributed by atoms with Crippen LogP contribution in [0, 0.1) is 0 Å². The number of aromatic hydroxyl groups is 1. The lowest BCUT2D eigenvalue weighted by Gasteiger charge is -1.99. The number of rotatable bonds is 0. The highest BCUT2D eigenvalue weighted by molar-refractivity contribution is 9.10. The topological polar surface area (TPSA) is 33.4 Å². The van der Waals surface area contributed by atoms with E-state index in [9.17, 15) is 5.11 Å². The van der Waals surface area contributed by atoms with Gasteiger partial charge >= 0.3 is 0 Å². The third-order valence-corrected chi connectivity index (χ3v) is 3.44. The van der Waals surface area contributed by atoms with Crippen LogP contribution in [0.4, 0.5) is 0 Å². The van der Waals surface area contributed by atoms with Crippen molar-refractivity contribution in [2.24, 2.45) is 0 Å². The molecule has 0 unspecified atom stereocenters. The minimum absolute atomic E-state index is 0.0175. The normalized spacial score (nSPS) is 11.4. The molecule has 1 N–H and O–H groups in total. The highest BCUT2D eigenvalue weighted by Crippen LogP contribution is 2.42. The minimum atomic E-state index is -0.0175. The smallest absolute Gasteiger partial charge is 0.179 e. The summed E-state index contributed by atoms with van der Waals surface area (Å²) in [5.41, 5.74) is 1.15. The molecule has 1 aromatic heterocycles. The van der Waals surface area contributed by atoms with E-state index in [1.54, 1.807) is 6.07 Å². The summed E-state index contributed by atoms with van der Waals surface area (Å²) in [7, 11) is 0. The van der Waals surface area contributed by atoms with Crippen molar-refractivity contribution in [3.8, 4) is 5.75 Å². The van der Waals surface area contributed by atoms with Crippen LogP contribution in [0.1, 0.15) is 0 Å². The second-order valence-corrected chi connectivity index (χ2v) is 4.75. The third-order valence-electron chi connectivity index (χ3n) is 2.53. The first-order chi connectivity index (χ1) is 7.68.